The Hall–Kier alpha value is -1.78. The van der Waals surface area contributed by atoms with E-state index in [9.17, 15) is 4.79 Å². The van der Waals surface area contributed by atoms with Crippen LogP contribution in [-0.4, -0.2) is 29.6 Å². The van der Waals surface area contributed by atoms with Crippen LogP contribution >= 0.6 is 11.8 Å². The second kappa shape index (κ2) is 9.64. The van der Waals surface area contributed by atoms with Gasteiger partial charge in [0, 0.05) is 30.2 Å². The Labute approximate surface area is 154 Å². The number of benzene rings is 2. The Morgan fingerprint density at radius 1 is 0.960 bits per heavy atom. The SMILES string of the molecule is O=C(CCSc1ccccc1)NCc1ccc(CN2CCCC2)cc1. The van der Waals surface area contributed by atoms with Crippen molar-refractivity contribution in [1.29, 1.82) is 0 Å². The lowest BCUT2D eigenvalue weighted by Gasteiger charge is -2.14. The molecule has 0 atom stereocenters. The summed E-state index contributed by atoms with van der Waals surface area (Å²) >= 11 is 1.72. The Balaban J connectivity index is 1.35. The van der Waals surface area contributed by atoms with Gasteiger partial charge in [-0.2, -0.15) is 0 Å². The van der Waals surface area contributed by atoms with Crippen LogP contribution < -0.4 is 5.32 Å². The monoisotopic (exact) mass is 354 g/mol. The van der Waals surface area contributed by atoms with Crippen LogP contribution in [0.1, 0.15) is 30.4 Å². The molecule has 1 heterocycles. The maximum absolute atomic E-state index is 12.0. The topological polar surface area (TPSA) is 32.3 Å². The van der Waals surface area contributed by atoms with Crippen LogP contribution in [0.15, 0.2) is 59.5 Å². The van der Waals surface area contributed by atoms with Crippen molar-refractivity contribution in [1.82, 2.24) is 10.2 Å². The maximum atomic E-state index is 12.0. The van der Waals surface area contributed by atoms with Gasteiger partial charge in [0.1, 0.15) is 0 Å². The van der Waals surface area contributed by atoms with Gasteiger partial charge < -0.3 is 5.32 Å². The maximum Gasteiger partial charge on any atom is 0.221 e. The first-order valence-electron chi connectivity index (χ1n) is 9.04. The summed E-state index contributed by atoms with van der Waals surface area (Å²) in [4.78, 5) is 15.7. The molecule has 1 aliphatic heterocycles. The lowest BCUT2D eigenvalue weighted by atomic mass is 10.1. The van der Waals surface area contributed by atoms with E-state index < -0.39 is 0 Å². The van der Waals surface area contributed by atoms with Gasteiger partial charge in [0.25, 0.3) is 0 Å². The number of amides is 1. The van der Waals surface area contributed by atoms with Gasteiger partial charge in [-0.15, -0.1) is 11.8 Å². The molecule has 0 bridgehead atoms. The van der Waals surface area contributed by atoms with Crippen LogP contribution in [0.25, 0.3) is 0 Å². The molecule has 0 radical (unpaired) electrons. The smallest absolute Gasteiger partial charge is 0.221 e. The zero-order chi connectivity index (χ0) is 17.3. The van der Waals surface area contributed by atoms with Crippen LogP contribution in [0.4, 0.5) is 0 Å². The minimum atomic E-state index is 0.115. The Morgan fingerprint density at radius 3 is 2.36 bits per heavy atom. The van der Waals surface area contributed by atoms with Crippen molar-refractivity contribution in [3.8, 4) is 0 Å². The summed E-state index contributed by atoms with van der Waals surface area (Å²) < 4.78 is 0. The van der Waals surface area contributed by atoms with Crippen molar-refractivity contribution < 1.29 is 4.79 Å². The zero-order valence-electron chi connectivity index (χ0n) is 14.6. The quantitative estimate of drug-likeness (QED) is 0.725. The number of likely N-dealkylation sites (tertiary alicyclic amines) is 1. The molecule has 0 unspecified atom stereocenters. The second-order valence-electron chi connectivity index (χ2n) is 6.49. The average Bonchev–Trinajstić information content (AvgIpc) is 3.15. The first-order valence-corrected chi connectivity index (χ1v) is 10.0. The first kappa shape index (κ1) is 18.0. The molecule has 0 aromatic heterocycles. The van der Waals surface area contributed by atoms with E-state index in [4.69, 9.17) is 0 Å². The molecule has 1 saturated heterocycles. The van der Waals surface area contributed by atoms with E-state index in [1.54, 1.807) is 11.8 Å². The molecular formula is C21H26N2OS. The molecule has 1 fully saturated rings. The summed E-state index contributed by atoms with van der Waals surface area (Å²) in [7, 11) is 0. The lowest BCUT2D eigenvalue weighted by molar-refractivity contribution is -0.120. The van der Waals surface area contributed by atoms with Gasteiger partial charge in [-0.25, -0.2) is 0 Å². The number of hydrogen-bond acceptors (Lipinski definition) is 3. The number of carbonyl (C=O) groups excluding carboxylic acids is 1. The first-order chi connectivity index (χ1) is 12.3. The predicted octanol–water partition coefficient (Wildman–Crippen LogP) is 4.08. The minimum Gasteiger partial charge on any atom is -0.352 e. The second-order valence-corrected chi connectivity index (χ2v) is 7.66. The van der Waals surface area contributed by atoms with Crippen LogP contribution in [0.2, 0.25) is 0 Å². The number of rotatable bonds is 8. The van der Waals surface area contributed by atoms with Gasteiger partial charge in [-0.1, -0.05) is 42.5 Å². The third kappa shape index (κ3) is 6.22. The van der Waals surface area contributed by atoms with Gasteiger partial charge in [-0.05, 0) is 49.2 Å². The Morgan fingerprint density at radius 2 is 1.64 bits per heavy atom. The molecule has 1 aliphatic rings. The molecular weight excluding hydrogens is 328 g/mol. The van der Waals surface area contributed by atoms with E-state index in [1.165, 1.54) is 36.4 Å². The summed E-state index contributed by atoms with van der Waals surface area (Å²) in [5.41, 5.74) is 2.52. The predicted molar refractivity (Wildman–Crippen MR) is 105 cm³/mol. The number of thioether (sulfide) groups is 1. The summed E-state index contributed by atoms with van der Waals surface area (Å²) in [5, 5.41) is 3.02. The Kier molecular flexibility index (Phi) is 6.95. The van der Waals surface area contributed by atoms with Gasteiger partial charge in [-0.3, -0.25) is 9.69 Å². The highest BCUT2D eigenvalue weighted by molar-refractivity contribution is 7.99. The fourth-order valence-electron chi connectivity index (χ4n) is 3.03. The highest BCUT2D eigenvalue weighted by Gasteiger charge is 2.11. The standard InChI is InChI=1S/C21H26N2OS/c24-21(12-15-25-20-6-2-1-3-7-20)22-16-18-8-10-19(11-9-18)17-23-13-4-5-14-23/h1-3,6-11H,4-5,12-17H2,(H,22,24). The highest BCUT2D eigenvalue weighted by Crippen LogP contribution is 2.17. The molecule has 1 N–H and O–H groups in total. The van der Waals surface area contributed by atoms with Gasteiger partial charge in [0.15, 0.2) is 0 Å². The van der Waals surface area contributed by atoms with Crippen LogP contribution in [0, 0.1) is 0 Å². The third-order valence-electron chi connectivity index (χ3n) is 4.46. The van der Waals surface area contributed by atoms with Crippen LogP contribution in [0.3, 0.4) is 0 Å². The zero-order valence-corrected chi connectivity index (χ0v) is 15.4. The summed E-state index contributed by atoms with van der Waals surface area (Å²) in [6.45, 7) is 4.10. The average molecular weight is 355 g/mol. The lowest BCUT2D eigenvalue weighted by Crippen LogP contribution is -2.23. The molecule has 3 rings (SSSR count). The van der Waals surface area contributed by atoms with Crippen molar-refractivity contribution in [2.45, 2.75) is 37.2 Å². The van der Waals surface area contributed by atoms with Crippen molar-refractivity contribution in [3.63, 3.8) is 0 Å². The van der Waals surface area contributed by atoms with E-state index in [1.807, 2.05) is 18.2 Å². The number of carbonyl (C=O) groups is 1. The fraction of sp³-hybridized carbons (Fsp3) is 0.381. The summed E-state index contributed by atoms with van der Waals surface area (Å²) in [6.07, 6.45) is 3.20. The molecule has 132 valence electrons. The van der Waals surface area contributed by atoms with E-state index in [0.717, 1.165) is 17.9 Å². The summed E-state index contributed by atoms with van der Waals surface area (Å²) in [5.74, 6) is 0.925. The van der Waals surface area contributed by atoms with Gasteiger partial charge >= 0.3 is 0 Å². The number of hydrogen-bond donors (Lipinski definition) is 1. The van der Waals surface area contributed by atoms with E-state index >= 15 is 0 Å². The van der Waals surface area contributed by atoms with Gasteiger partial charge in [0.2, 0.25) is 5.91 Å². The summed E-state index contributed by atoms with van der Waals surface area (Å²) in [6, 6.07) is 18.8. The highest BCUT2D eigenvalue weighted by atomic mass is 32.2. The molecule has 2 aromatic carbocycles. The molecule has 1 amide bonds. The van der Waals surface area contributed by atoms with Crippen LogP contribution in [0.5, 0.6) is 0 Å². The third-order valence-corrected chi connectivity index (χ3v) is 5.47. The molecule has 0 spiro atoms. The molecule has 25 heavy (non-hydrogen) atoms. The molecule has 4 heteroatoms. The van der Waals surface area contributed by atoms with E-state index in [2.05, 4.69) is 46.6 Å². The Bertz CT molecular complexity index is 651. The largest absolute Gasteiger partial charge is 0.352 e. The van der Waals surface area contributed by atoms with E-state index in [0.29, 0.717) is 13.0 Å². The van der Waals surface area contributed by atoms with Crippen LogP contribution in [-0.2, 0) is 17.9 Å². The van der Waals surface area contributed by atoms with Crippen molar-refractivity contribution in [2.24, 2.45) is 0 Å². The number of nitrogens with zero attached hydrogens (tertiary/aromatic N) is 1. The molecule has 2 aromatic rings. The normalized spacial score (nSPS) is 14.6. The van der Waals surface area contributed by atoms with Gasteiger partial charge in [0.05, 0.1) is 0 Å². The molecule has 0 aliphatic carbocycles. The molecule has 3 nitrogen and oxygen atoms in total. The minimum absolute atomic E-state index is 0.115. The van der Waals surface area contributed by atoms with Crippen molar-refractivity contribution >= 4 is 17.7 Å². The van der Waals surface area contributed by atoms with Crippen molar-refractivity contribution in [3.05, 3.63) is 65.7 Å². The van der Waals surface area contributed by atoms with E-state index in [-0.39, 0.29) is 5.91 Å². The van der Waals surface area contributed by atoms with Crippen molar-refractivity contribution in [2.75, 3.05) is 18.8 Å². The number of nitrogens with one attached hydrogen (secondary N) is 1. The fourth-order valence-corrected chi connectivity index (χ4v) is 3.90. The molecule has 0 saturated carbocycles.